The highest BCUT2D eigenvalue weighted by Crippen LogP contribution is 1.96. The van der Waals surface area contributed by atoms with Crippen LogP contribution in [0.5, 0.6) is 0 Å². The van der Waals surface area contributed by atoms with Crippen LogP contribution in [0.3, 0.4) is 0 Å². The lowest BCUT2D eigenvalue weighted by Gasteiger charge is -2.06. The molecule has 0 aliphatic rings. The van der Waals surface area contributed by atoms with E-state index in [0.717, 1.165) is 0 Å². The molecule has 0 saturated carbocycles. The van der Waals surface area contributed by atoms with Crippen molar-refractivity contribution in [2.24, 2.45) is 0 Å². The topological polar surface area (TPSA) is 162 Å². The summed E-state index contributed by atoms with van der Waals surface area (Å²) < 4.78 is 0. The number of hydrogen-bond acceptors (Lipinski definition) is 6. The summed E-state index contributed by atoms with van der Waals surface area (Å²) in [6.07, 6.45) is 0. The van der Waals surface area contributed by atoms with Crippen molar-refractivity contribution < 1.29 is 34.2 Å². The maximum absolute atomic E-state index is 11.1. The Kier molecular flexibility index (Phi) is 11.7. The number of carbonyl (C=O) groups excluding carboxylic acids is 3. The summed E-state index contributed by atoms with van der Waals surface area (Å²) in [5, 5.41) is 23.2. The molecule has 0 saturated heterocycles. The Morgan fingerprint density at radius 3 is 1.62 bits per heavy atom. The highest BCUT2D eigenvalue weighted by atomic mass is 32.1. The van der Waals surface area contributed by atoms with Crippen molar-refractivity contribution in [2.75, 3.05) is 25.4 Å². The average molecular weight is 385 g/mol. The highest BCUT2D eigenvalue weighted by Gasteiger charge is 2.07. The van der Waals surface area contributed by atoms with Gasteiger partial charge in [-0.15, -0.1) is 0 Å². The van der Waals surface area contributed by atoms with E-state index in [1.54, 1.807) is 30.3 Å². The molecule has 0 fully saturated rings. The van der Waals surface area contributed by atoms with Crippen molar-refractivity contribution in [1.82, 2.24) is 16.0 Å². The Morgan fingerprint density at radius 1 is 0.769 bits per heavy atom. The molecule has 10 nitrogen and oxygen atoms in total. The predicted octanol–water partition coefficient (Wildman–Crippen LogP) is -1.27. The summed E-state index contributed by atoms with van der Waals surface area (Å²) in [5.41, 5.74) is 0.331. The van der Waals surface area contributed by atoms with Gasteiger partial charge in [0.1, 0.15) is 6.54 Å². The van der Waals surface area contributed by atoms with Crippen LogP contribution in [-0.2, 0) is 19.2 Å². The maximum Gasteiger partial charge on any atom is 0.335 e. The van der Waals surface area contributed by atoms with Gasteiger partial charge in [0.15, 0.2) is 0 Å². The Labute approximate surface area is 154 Å². The summed E-state index contributed by atoms with van der Waals surface area (Å²) in [6, 6.07) is 8.30. The van der Waals surface area contributed by atoms with Crippen LogP contribution in [0.15, 0.2) is 30.3 Å². The zero-order chi connectivity index (χ0) is 19.9. The van der Waals surface area contributed by atoms with Crippen LogP contribution < -0.4 is 16.0 Å². The van der Waals surface area contributed by atoms with E-state index in [4.69, 9.17) is 10.2 Å². The fraction of sp³-hybridized carbons (Fsp3) is 0.267. The molecule has 5 N–H and O–H groups in total. The largest absolute Gasteiger partial charge is 0.480 e. The van der Waals surface area contributed by atoms with Crippen LogP contribution in [0.25, 0.3) is 0 Å². The van der Waals surface area contributed by atoms with E-state index in [1.165, 1.54) is 0 Å². The van der Waals surface area contributed by atoms with E-state index in [0.29, 0.717) is 5.56 Å². The molecule has 0 aromatic heterocycles. The summed E-state index contributed by atoms with van der Waals surface area (Å²) in [5.74, 6) is -3.67. The van der Waals surface area contributed by atoms with E-state index < -0.39 is 36.2 Å². The van der Waals surface area contributed by atoms with Crippen LogP contribution in [-0.4, -0.2) is 65.3 Å². The maximum atomic E-state index is 11.1. The van der Waals surface area contributed by atoms with Crippen LogP contribution in [0.4, 0.5) is 0 Å². The molecule has 0 spiro atoms. The molecule has 0 radical (unpaired) electrons. The molecule has 0 bridgehead atoms. The van der Waals surface area contributed by atoms with Crippen molar-refractivity contribution in [3.8, 4) is 0 Å². The van der Waals surface area contributed by atoms with E-state index in [-0.39, 0.29) is 18.8 Å². The van der Waals surface area contributed by atoms with E-state index in [9.17, 15) is 24.0 Å². The standard InChI is InChI=1S/C8H13N3O5S.C7H6O2/c12-5(2-10-7(14)4-17)9-1-6(13)11-3-8(15)16;8-7(9)6-4-2-1-3-5-6/h17H,1-4H2,(H,9,12)(H,10,14)(H,11,13)(H,15,16);1-5H,(H,8,9). The Morgan fingerprint density at radius 2 is 1.23 bits per heavy atom. The Bertz CT molecular complexity index is 637. The molecular formula is C15H19N3O7S. The van der Waals surface area contributed by atoms with Gasteiger partial charge in [-0.3, -0.25) is 19.2 Å². The third kappa shape index (κ3) is 12.4. The molecule has 1 aromatic rings. The minimum atomic E-state index is -1.18. The molecule has 0 unspecified atom stereocenters. The number of carboxylic acid groups (broad SMARTS) is 2. The SMILES string of the molecule is O=C(O)CNC(=O)CNC(=O)CNC(=O)CS.O=C(O)c1ccccc1. The van der Waals surface area contributed by atoms with Gasteiger partial charge in [0.2, 0.25) is 17.7 Å². The first-order valence-corrected chi connectivity index (χ1v) is 7.80. The van der Waals surface area contributed by atoms with Crippen molar-refractivity contribution in [1.29, 1.82) is 0 Å². The fourth-order valence-corrected chi connectivity index (χ4v) is 1.41. The number of thiol groups is 1. The normalized spacial score (nSPS) is 9.12. The van der Waals surface area contributed by atoms with Gasteiger partial charge in [-0.05, 0) is 12.1 Å². The second-order valence-corrected chi connectivity index (χ2v) is 4.87. The average Bonchev–Trinajstić information content (AvgIpc) is 2.63. The summed E-state index contributed by atoms with van der Waals surface area (Å²) in [6.45, 7) is -1.11. The van der Waals surface area contributed by atoms with Gasteiger partial charge < -0.3 is 26.2 Å². The minimum Gasteiger partial charge on any atom is -0.480 e. The molecular weight excluding hydrogens is 366 g/mol. The Hall–Kier alpha value is -3.08. The summed E-state index contributed by atoms with van der Waals surface area (Å²) in [7, 11) is 0. The first-order valence-electron chi connectivity index (χ1n) is 7.17. The Balaban J connectivity index is 0.000000577. The van der Waals surface area contributed by atoms with Crippen LogP contribution in [0.2, 0.25) is 0 Å². The monoisotopic (exact) mass is 385 g/mol. The lowest BCUT2D eigenvalue weighted by atomic mass is 10.2. The number of rotatable bonds is 8. The third-order valence-corrected chi connectivity index (χ3v) is 2.78. The van der Waals surface area contributed by atoms with Crippen LogP contribution >= 0.6 is 12.6 Å². The number of amides is 3. The smallest absolute Gasteiger partial charge is 0.335 e. The van der Waals surface area contributed by atoms with Crippen LogP contribution in [0, 0.1) is 0 Å². The quantitative estimate of drug-likeness (QED) is 0.304. The molecule has 1 aromatic carbocycles. The van der Waals surface area contributed by atoms with Gasteiger partial charge in [-0.25, -0.2) is 4.79 Å². The lowest BCUT2D eigenvalue weighted by Crippen LogP contribution is -2.43. The number of carboxylic acids is 2. The number of benzene rings is 1. The third-order valence-electron chi connectivity index (χ3n) is 2.49. The molecule has 11 heteroatoms. The predicted molar refractivity (Wildman–Crippen MR) is 93.9 cm³/mol. The van der Waals surface area contributed by atoms with Gasteiger partial charge in [-0.1, -0.05) is 18.2 Å². The number of carbonyl (C=O) groups is 5. The zero-order valence-corrected chi connectivity index (χ0v) is 14.5. The summed E-state index contributed by atoms with van der Waals surface area (Å²) in [4.78, 5) is 53.0. The van der Waals surface area contributed by atoms with Gasteiger partial charge in [-0.2, -0.15) is 12.6 Å². The van der Waals surface area contributed by atoms with Gasteiger partial charge in [0.25, 0.3) is 0 Å². The first-order chi connectivity index (χ1) is 12.3. The molecule has 0 atom stereocenters. The second-order valence-electron chi connectivity index (χ2n) is 4.55. The van der Waals surface area contributed by atoms with E-state index in [2.05, 4.69) is 28.6 Å². The molecule has 0 aliphatic heterocycles. The lowest BCUT2D eigenvalue weighted by molar-refractivity contribution is -0.137. The fourth-order valence-electron chi connectivity index (χ4n) is 1.29. The molecule has 3 amide bonds. The highest BCUT2D eigenvalue weighted by molar-refractivity contribution is 7.81. The van der Waals surface area contributed by atoms with Crippen molar-refractivity contribution in [3.63, 3.8) is 0 Å². The van der Waals surface area contributed by atoms with E-state index in [1.807, 2.05) is 0 Å². The van der Waals surface area contributed by atoms with Crippen LogP contribution in [0.1, 0.15) is 10.4 Å². The molecule has 26 heavy (non-hydrogen) atoms. The van der Waals surface area contributed by atoms with Crippen molar-refractivity contribution in [2.45, 2.75) is 0 Å². The number of nitrogens with one attached hydrogen (secondary N) is 3. The molecule has 1 rings (SSSR count). The number of aliphatic carboxylic acids is 1. The molecule has 0 heterocycles. The zero-order valence-electron chi connectivity index (χ0n) is 13.6. The molecule has 142 valence electrons. The van der Waals surface area contributed by atoms with Crippen molar-refractivity contribution >= 4 is 42.3 Å². The second kappa shape index (κ2) is 13.2. The summed E-state index contributed by atoms with van der Waals surface area (Å²) >= 11 is 3.69. The first kappa shape index (κ1) is 22.9. The number of hydrogen-bond donors (Lipinski definition) is 6. The van der Waals surface area contributed by atoms with E-state index >= 15 is 0 Å². The minimum absolute atomic E-state index is 0.0353. The molecule has 0 aliphatic carbocycles. The van der Waals surface area contributed by atoms with Gasteiger partial charge >= 0.3 is 11.9 Å². The van der Waals surface area contributed by atoms with Crippen molar-refractivity contribution in [3.05, 3.63) is 35.9 Å². The number of aromatic carboxylic acids is 1. The van der Waals surface area contributed by atoms with Gasteiger partial charge in [0, 0.05) is 0 Å². The van der Waals surface area contributed by atoms with Gasteiger partial charge in [0.05, 0.1) is 24.4 Å².